The van der Waals surface area contributed by atoms with Crippen molar-refractivity contribution >= 4 is 17.5 Å². The Kier molecular flexibility index (Phi) is 3.45. The molecule has 1 aromatic heterocycles. The largest absolute Gasteiger partial charge is 0.342 e. The number of hydrogen-bond acceptors (Lipinski definition) is 2. The van der Waals surface area contributed by atoms with Crippen molar-refractivity contribution in [2.75, 3.05) is 0 Å². The molecule has 0 radical (unpaired) electrons. The molecule has 0 bridgehead atoms. The van der Waals surface area contributed by atoms with Gasteiger partial charge in [0.1, 0.15) is 5.15 Å². The van der Waals surface area contributed by atoms with Crippen LogP contribution in [0.25, 0.3) is 0 Å². The van der Waals surface area contributed by atoms with E-state index in [1.54, 1.807) is 12.1 Å². The number of aromatic nitrogens is 1. The van der Waals surface area contributed by atoms with Crippen molar-refractivity contribution in [2.24, 2.45) is 0 Å². The average Bonchev–Trinajstić information content (AvgIpc) is 2.44. The minimum atomic E-state index is -0.224. The van der Waals surface area contributed by atoms with Crippen LogP contribution < -0.4 is 5.32 Å². The fourth-order valence-corrected chi connectivity index (χ4v) is 2.68. The Balaban J connectivity index is 1.82. The Labute approximate surface area is 123 Å². The van der Waals surface area contributed by atoms with E-state index in [1.807, 2.05) is 18.2 Å². The van der Waals surface area contributed by atoms with Gasteiger partial charge < -0.3 is 5.32 Å². The Hall–Kier alpha value is -1.87. The molecule has 1 aromatic carbocycles. The Morgan fingerprint density at radius 1 is 1.15 bits per heavy atom. The molecule has 102 valence electrons. The van der Waals surface area contributed by atoms with E-state index >= 15 is 0 Å². The average molecular weight is 287 g/mol. The first-order valence-electron chi connectivity index (χ1n) is 6.69. The van der Waals surface area contributed by atoms with Crippen molar-refractivity contribution in [3.8, 4) is 0 Å². The van der Waals surface area contributed by atoms with Crippen LogP contribution in [0, 0.1) is 0 Å². The Morgan fingerprint density at radius 3 is 2.45 bits per heavy atom. The molecule has 1 aliphatic rings. The third kappa shape index (κ3) is 2.41. The summed E-state index contributed by atoms with van der Waals surface area (Å²) >= 11 is 5.74. The van der Waals surface area contributed by atoms with Gasteiger partial charge >= 0.3 is 0 Å². The molecular weight excluding hydrogens is 272 g/mol. The zero-order chi connectivity index (χ0) is 14.0. The quantitative estimate of drug-likeness (QED) is 0.877. The number of nitrogens with zero attached hydrogens (tertiary/aromatic N) is 1. The molecule has 0 unspecified atom stereocenters. The third-order valence-electron chi connectivity index (χ3n) is 3.88. The first kappa shape index (κ1) is 13.1. The number of rotatable bonds is 3. The Morgan fingerprint density at radius 2 is 1.90 bits per heavy atom. The van der Waals surface area contributed by atoms with Crippen LogP contribution in [0.1, 0.15) is 35.2 Å². The van der Waals surface area contributed by atoms with E-state index in [0.29, 0.717) is 10.7 Å². The van der Waals surface area contributed by atoms with Crippen molar-refractivity contribution in [3.05, 3.63) is 64.9 Å². The van der Waals surface area contributed by atoms with Crippen molar-refractivity contribution in [1.29, 1.82) is 0 Å². The maximum Gasteiger partial charge on any atom is 0.253 e. The molecule has 1 saturated carbocycles. The summed E-state index contributed by atoms with van der Waals surface area (Å²) in [6.07, 6.45) is 4.59. The smallest absolute Gasteiger partial charge is 0.253 e. The van der Waals surface area contributed by atoms with Crippen molar-refractivity contribution in [3.63, 3.8) is 0 Å². The summed E-state index contributed by atoms with van der Waals surface area (Å²) in [5, 5.41) is 3.55. The highest BCUT2D eigenvalue weighted by atomic mass is 35.5. The van der Waals surface area contributed by atoms with Crippen molar-refractivity contribution in [2.45, 2.75) is 24.8 Å². The van der Waals surface area contributed by atoms with Gasteiger partial charge in [-0.2, -0.15) is 0 Å². The second-order valence-electron chi connectivity index (χ2n) is 5.13. The molecule has 1 heterocycles. The summed E-state index contributed by atoms with van der Waals surface area (Å²) in [6.45, 7) is 0. The second kappa shape index (κ2) is 5.25. The van der Waals surface area contributed by atoms with Crippen LogP contribution in [0.2, 0.25) is 5.15 Å². The monoisotopic (exact) mass is 286 g/mol. The predicted octanol–water partition coefficient (Wildman–Crippen LogP) is 3.54. The van der Waals surface area contributed by atoms with Gasteiger partial charge in [0, 0.05) is 6.20 Å². The van der Waals surface area contributed by atoms with Crippen LogP contribution in [0.4, 0.5) is 0 Å². The summed E-state index contributed by atoms with van der Waals surface area (Å²) in [4.78, 5) is 16.3. The zero-order valence-corrected chi connectivity index (χ0v) is 11.7. The van der Waals surface area contributed by atoms with Crippen LogP contribution in [-0.2, 0) is 5.54 Å². The summed E-state index contributed by atoms with van der Waals surface area (Å²) in [5.41, 5.74) is 1.48. The lowest BCUT2D eigenvalue weighted by molar-refractivity contribution is 0.0823. The lowest BCUT2D eigenvalue weighted by Crippen LogP contribution is -2.50. The molecule has 1 N–H and O–H groups in total. The van der Waals surface area contributed by atoms with Crippen molar-refractivity contribution < 1.29 is 4.79 Å². The van der Waals surface area contributed by atoms with E-state index in [9.17, 15) is 4.79 Å². The van der Waals surface area contributed by atoms with Gasteiger partial charge in [-0.15, -0.1) is 0 Å². The molecule has 4 heteroatoms. The molecule has 1 fully saturated rings. The molecule has 0 spiro atoms. The maximum absolute atomic E-state index is 12.3. The van der Waals surface area contributed by atoms with E-state index in [1.165, 1.54) is 11.8 Å². The van der Waals surface area contributed by atoms with Gasteiger partial charge in [-0.25, -0.2) is 4.98 Å². The molecule has 3 rings (SSSR count). The number of amides is 1. The molecule has 1 aliphatic carbocycles. The van der Waals surface area contributed by atoms with E-state index in [-0.39, 0.29) is 11.4 Å². The summed E-state index contributed by atoms with van der Waals surface area (Å²) < 4.78 is 0. The summed E-state index contributed by atoms with van der Waals surface area (Å²) in [7, 11) is 0. The molecule has 3 nitrogen and oxygen atoms in total. The van der Waals surface area contributed by atoms with Gasteiger partial charge in [-0.1, -0.05) is 41.9 Å². The molecule has 0 atom stereocenters. The fraction of sp³-hybridized carbons (Fsp3) is 0.250. The number of benzene rings is 1. The first-order valence-corrected chi connectivity index (χ1v) is 7.07. The van der Waals surface area contributed by atoms with E-state index in [2.05, 4.69) is 22.4 Å². The molecular formula is C16H15ClN2O. The second-order valence-corrected chi connectivity index (χ2v) is 5.51. The standard InChI is InChI=1S/C16H15ClN2O/c17-14-8-7-12(11-18-14)15(20)19-16(9-4-10-16)13-5-2-1-3-6-13/h1-3,5-8,11H,4,9-10H2,(H,19,20). The molecule has 2 aromatic rings. The van der Waals surface area contributed by atoms with Crippen LogP contribution in [-0.4, -0.2) is 10.9 Å². The third-order valence-corrected chi connectivity index (χ3v) is 4.10. The molecule has 1 amide bonds. The summed E-state index contributed by atoms with van der Waals surface area (Å²) in [5.74, 6) is -0.0993. The highest BCUT2D eigenvalue weighted by molar-refractivity contribution is 6.29. The van der Waals surface area contributed by atoms with E-state index in [4.69, 9.17) is 11.6 Å². The zero-order valence-electron chi connectivity index (χ0n) is 11.0. The highest BCUT2D eigenvalue weighted by Gasteiger charge is 2.40. The number of nitrogens with one attached hydrogen (secondary N) is 1. The van der Waals surface area contributed by atoms with Gasteiger partial charge in [0.15, 0.2) is 0 Å². The van der Waals surface area contributed by atoms with Crippen molar-refractivity contribution in [1.82, 2.24) is 10.3 Å². The van der Waals surface area contributed by atoms with Crippen LogP contribution >= 0.6 is 11.6 Å². The fourth-order valence-electron chi connectivity index (χ4n) is 2.57. The SMILES string of the molecule is O=C(NC1(c2ccccc2)CCC1)c1ccc(Cl)nc1. The molecule has 0 saturated heterocycles. The van der Waals surface area contributed by atoms with Gasteiger partial charge in [0.2, 0.25) is 0 Å². The van der Waals surface area contributed by atoms with Gasteiger partial charge in [-0.05, 0) is 37.0 Å². The number of pyridine rings is 1. The lowest BCUT2D eigenvalue weighted by atomic mass is 9.71. The van der Waals surface area contributed by atoms with Crippen LogP contribution in [0.5, 0.6) is 0 Å². The summed E-state index contributed by atoms with van der Waals surface area (Å²) in [6, 6.07) is 13.5. The number of carbonyl (C=O) groups excluding carboxylic acids is 1. The topological polar surface area (TPSA) is 42.0 Å². The lowest BCUT2D eigenvalue weighted by Gasteiger charge is -2.43. The number of halogens is 1. The highest BCUT2D eigenvalue weighted by Crippen LogP contribution is 2.41. The first-order chi connectivity index (χ1) is 9.70. The maximum atomic E-state index is 12.3. The molecule has 20 heavy (non-hydrogen) atoms. The minimum absolute atomic E-state index is 0.0993. The van der Waals surface area contributed by atoms with E-state index < -0.39 is 0 Å². The van der Waals surface area contributed by atoms with Gasteiger partial charge in [0.05, 0.1) is 11.1 Å². The minimum Gasteiger partial charge on any atom is -0.342 e. The molecule has 0 aliphatic heterocycles. The van der Waals surface area contributed by atoms with Gasteiger partial charge in [-0.3, -0.25) is 4.79 Å². The van der Waals surface area contributed by atoms with Gasteiger partial charge in [0.25, 0.3) is 5.91 Å². The Bertz CT molecular complexity index is 606. The number of hydrogen-bond donors (Lipinski definition) is 1. The number of carbonyl (C=O) groups is 1. The van der Waals surface area contributed by atoms with E-state index in [0.717, 1.165) is 19.3 Å². The normalized spacial score (nSPS) is 16.2. The van der Waals surface area contributed by atoms with Crippen LogP contribution in [0.15, 0.2) is 48.7 Å². The van der Waals surface area contributed by atoms with Crippen LogP contribution in [0.3, 0.4) is 0 Å². The predicted molar refractivity (Wildman–Crippen MR) is 78.7 cm³/mol.